The van der Waals surface area contributed by atoms with Gasteiger partial charge in [-0.05, 0) is 31.4 Å². The van der Waals surface area contributed by atoms with E-state index in [1.54, 1.807) is 12.1 Å². The van der Waals surface area contributed by atoms with Crippen molar-refractivity contribution in [2.75, 3.05) is 6.61 Å². The van der Waals surface area contributed by atoms with E-state index in [0.29, 0.717) is 17.5 Å². The first kappa shape index (κ1) is 15.6. The first-order valence-electron chi connectivity index (χ1n) is 7.66. The van der Waals surface area contributed by atoms with E-state index in [4.69, 9.17) is 9.57 Å². The number of hydrogen-bond acceptors (Lipinski definition) is 5. The lowest BCUT2D eigenvalue weighted by Gasteiger charge is -2.22. The van der Waals surface area contributed by atoms with Gasteiger partial charge in [-0.15, -0.1) is 0 Å². The Labute approximate surface area is 133 Å². The van der Waals surface area contributed by atoms with Crippen LogP contribution in [0.3, 0.4) is 0 Å². The summed E-state index contributed by atoms with van der Waals surface area (Å²) in [7, 11) is 0. The molecule has 1 aromatic heterocycles. The molecule has 1 N–H and O–H groups in total. The van der Waals surface area contributed by atoms with Gasteiger partial charge in [0.15, 0.2) is 6.29 Å². The summed E-state index contributed by atoms with van der Waals surface area (Å²) >= 11 is 0. The minimum Gasteiger partial charge on any atom is -0.350 e. The molecule has 0 spiro atoms. The van der Waals surface area contributed by atoms with E-state index in [-0.39, 0.29) is 12.1 Å². The normalized spacial score (nSPS) is 18.0. The molecule has 7 nitrogen and oxygen atoms in total. The van der Waals surface area contributed by atoms with E-state index >= 15 is 0 Å². The van der Waals surface area contributed by atoms with Crippen LogP contribution in [-0.4, -0.2) is 28.4 Å². The third-order valence-electron chi connectivity index (χ3n) is 3.81. The lowest BCUT2D eigenvalue weighted by molar-refractivity contribution is -0.200. The number of aryl methyl sites for hydroxylation is 1. The molecule has 1 aliphatic rings. The summed E-state index contributed by atoms with van der Waals surface area (Å²) in [4.78, 5) is 33.8. The molecular formula is C16H19N3O4. The fraction of sp³-hybridized carbons (Fsp3) is 0.438. The average Bonchev–Trinajstić information content (AvgIpc) is 2.57. The SMILES string of the molecule is Cc1cccc2c(=O)n(CC(=O)NO[C@@H]3CCCCO3)cnc12. The molecular weight excluding hydrogens is 298 g/mol. The van der Waals surface area contributed by atoms with Crippen LogP contribution < -0.4 is 11.0 Å². The zero-order valence-electron chi connectivity index (χ0n) is 12.9. The molecule has 0 unspecified atom stereocenters. The van der Waals surface area contributed by atoms with Crippen LogP contribution in [0.25, 0.3) is 10.9 Å². The van der Waals surface area contributed by atoms with Gasteiger partial charge in [0.25, 0.3) is 11.5 Å². The largest absolute Gasteiger partial charge is 0.350 e. The van der Waals surface area contributed by atoms with Gasteiger partial charge in [-0.1, -0.05) is 12.1 Å². The Balaban J connectivity index is 1.67. The lowest BCUT2D eigenvalue weighted by Crippen LogP contribution is -2.36. The third kappa shape index (κ3) is 3.57. The zero-order valence-corrected chi connectivity index (χ0v) is 12.9. The number of carbonyl (C=O) groups is 1. The van der Waals surface area contributed by atoms with Gasteiger partial charge < -0.3 is 4.74 Å². The van der Waals surface area contributed by atoms with E-state index in [2.05, 4.69) is 10.5 Å². The number of hydroxylamine groups is 1. The minimum atomic E-state index is -0.421. The second-order valence-electron chi connectivity index (χ2n) is 5.59. The Morgan fingerprint density at radius 1 is 1.48 bits per heavy atom. The fourth-order valence-electron chi connectivity index (χ4n) is 2.57. The molecule has 1 saturated heterocycles. The summed E-state index contributed by atoms with van der Waals surface area (Å²) < 4.78 is 6.62. The van der Waals surface area contributed by atoms with Crippen LogP contribution in [0.15, 0.2) is 29.3 Å². The average molecular weight is 317 g/mol. The standard InChI is InChI=1S/C16H19N3O4/c1-11-5-4-6-12-15(11)17-10-19(16(12)21)9-13(20)18-23-14-7-2-3-8-22-14/h4-6,10,14H,2-3,7-9H2,1H3,(H,18,20)/t14-/m1/s1. The third-order valence-corrected chi connectivity index (χ3v) is 3.81. The molecule has 122 valence electrons. The number of benzene rings is 1. The van der Waals surface area contributed by atoms with Gasteiger partial charge in [0.05, 0.1) is 17.2 Å². The molecule has 1 aliphatic heterocycles. The van der Waals surface area contributed by atoms with Crippen molar-refractivity contribution < 1.29 is 14.4 Å². The molecule has 0 radical (unpaired) electrons. The monoisotopic (exact) mass is 317 g/mol. The molecule has 1 amide bonds. The Hall–Kier alpha value is -2.25. The molecule has 1 aromatic carbocycles. The Morgan fingerprint density at radius 2 is 2.35 bits per heavy atom. The maximum absolute atomic E-state index is 12.4. The van der Waals surface area contributed by atoms with Crippen molar-refractivity contribution >= 4 is 16.8 Å². The van der Waals surface area contributed by atoms with Crippen LogP contribution in [0.2, 0.25) is 0 Å². The molecule has 23 heavy (non-hydrogen) atoms. The van der Waals surface area contributed by atoms with Gasteiger partial charge in [0.1, 0.15) is 6.54 Å². The van der Waals surface area contributed by atoms with Gasteiger partial charge in [-0.3, -0.25) is 14.2 Å². The number of nitrogens with one attached hydrogen (secondary N) is 1. The van der Waals surface area contributed by atoms with Gasteiger partial charge in [0.2, 0.25) is 0 Å². The smallest absolute Gasteiger partial charge is 0.263 e. The summed E-state index contributed by atoms with van der Waals surface area (Å²) in [5.74, 6) is -0.421. The summed E-state index contributed by atoms with van der Waals surface area (Å²) in [6.07, 6.45) is 3.73. The van der Waals surface area contributed by atoms with Crippen molar-refractivity contribution in [3.05, 3.63) is 40.4 Å². The predicted molar refractivity (Wildman–Crippen MR) is 83.6 cm³/mol. The van der Waals surface area contributed by atoms with E-state index in [9.17, 15) is 9.59 Å². The van der Waals surface area contributed by atoms with Crippen molar-refractivity contribution in [2.45, 2.75) is 39.0 Å². The van der Waals surface area contributed by atoms with Crippen molar-refractivity contribution in [1.29, 1.82) is 0 Å². The highest BCUT2D eigenvalue weighted by Crippen LogP contribution is 2.13. The van der Waals surface area contributed by atoms with E-state index in [1.165, 1.54) is 10.9 Å². The molecule has 0 bridgehead atoms. The van der Waals surface area contributed by atoms with E-state index in [0.717, 1.165) is 24.8 Å². The Bertz CT molecular complexity index is 765. The summed E-state index contributed by atoms with van der Waals surface area (Å²) in [6.45, 7) is 2.38. The number of amides is 1. The number of nitrogens with zero attached hydrogens (tertiary/aromatic N) is 2. The number of ether oxygens (including phenoxy) is 1. The molecule has 1 atom stereocenters. The van der Waals surface area contributed by atoms with Crippen molar-refractivity contribution in [3.8, 4) is 0 Å². The number of aromatic nitrogens is 2. The topological polar surface area (TPSA) is 82.5 Å². The van der Waals surface area contributed by atoms with Crippen molar-refractivity contribution in [2.24, 2.45) is 0 Å². The predicted octanol–water partition coefficient (Wildman–Crippen LogP) is 1.28. The summed E-state index contributed by atoms with van der Waals surface area (Å²) in [5, 5.41) is 0.497. The minimum absolute atomic E-state index is 0.150. The first-order chi connectivity index (χ1) is 11.1. The first-order valence-corrected chi connectivity index (χ1v) is 7.66. The number of para-hydroxylation sites is 1. The molecule has 2 aromatic rings. The molecule has 7 heteroatoms. The summed E-state index contributed by atoms with van der Waals surface area (Å²) in [6, 6.07) is 5.40. The molecule has 0 aliphatic carbocycles. The molecule has 0 saturated carbocycles. The highest BCUT2D eigenvalue weighted by molar-refractivity contribution is 5.81. The quantitative estimate of drug-likeness (QED) is 0.859. The molecule has 1 fully saturated rings. The lowest BCUT2D eigenvalue weighted by atomic mass is 10.1. The number of fused-ring (bicyclic) bond motifs is 1. The van der Waals surface area contributed by atoms with E-state index in [1.807, 2.05) is 13.0 Å². The highest BCUT2D eigenvalue weighted by atomic mass is 16.8. The maximum Gasteiger partial charge on any atom is 0.263 e. The second-order valence-corrected chi connectivity index (χ2v) is 5.59. The van der Waals surface area contributed by atoms with Crippen LogP contribution >= 0.6 is 0 Å². The molecule has 3 rings (SSSR count). The van der Waals surface area contributed by atoms with Gasteiger partial charge >= 0.3 is 0 Å². The van der Waals surface area contributed by atoms with Crippen LogP contribution in [0.1, 0.15) is 24.8 Å². The Morgan fingerprint density at radius 3 is 3.13 bits per heavy atom. The van der Waals surface area contributed by atoms with Crippen molar-refractivity contribution in [3.63, 3.8) is 0 Å². The van der Waals surface area contributed by atoms with Crippen LogP contribution in [0, 0.1) is 6.92 Å². The summed E-state index contributed by atoms with van der Waals surface area (Å²) in [5.41, 5.74) is 3.67. The Kier molecular flexibility index (Phi) is 4.68. The van der Waals surface area contributed by atoms with Gasteiger partial charge in [-0.25, -0.2) is 15.3 Å². The molecule has 2 heterocycles. The number of hydrogen-bond donors (Lipinski definition) is 1. The zero-order chi connectivity index (χ0) is 16.2. The van der Waals surface area contributed by atoms with Gasteiger partial charge in [-0.2, -0.15) is 0 Å². The fourth-order valence-corrected chi connectivity index (χ4v) is 2.57. The van der Waals surface area contributed by atoms with E-state index < -0.39 is 12.2 Å². The van der Waals surface area contributed by atoms with Gasteiger partial charge in [0, 0.05) is 13.0 Å². The van der Waals surface area contributed by atoms with Crippen LogP contribution in [0.5, 0.6) is 0 Å². The second kappa shape index (κ2) is 6.89. The van der Waals surface area contributed by atoms with Crippen LogP contribution in [0.4, 0.5) is 0 Å². The number of carbonyl (C=O) groups excluding carboxylic acids is 1. The van der Waals surface area contributed by atoms with Crippen molar-refractivity contribution in [1.82, 2.24) is 15.0 Å². The number of rotatable bonds is 4. The highest BCUT2D eigenvalue weighted by Gasteiger charge is 2.16. The maximum atomic E-state index is 12.4. The van der Waals surface area contributed by atoms with Crippen LogP contribution in [-0.2, 0) is 20.9 Å².